The lowest BCUT2D eigenvalue weighted by molar-refractivity contribution is 0.609. The van der Waals surface area contributed by atoms with Crippen LogP contribution in [0.2, 0.25) is 0 Å². The molecule has 2 unspecified atom stereocenters. The maximum absolute atomic E-state index is 13.4. The van der Waals surface area contributed by atoms with E-state index in [0.717, 1.165) is 17.8 Å². The third-order valence-corrected chi connectivity index (χ3v) is 4.12. The number of benzene rings is 1. The molecule has 0 aliphatic heterocycles. The quantitative estimate of drug-likeness (QED) is 0.826. The fraction of sp³-hybridized carbons (Fsp3) is 0.385. The van der Waals surface area contributed by atoms with E-state index in [1.807, 2.05) is 19.9 Å². The van der Waals surface area contributed by atoms with Crippen LogP contribution in [0.1, 0.15) is 30.0 Å². The lowest BCUT2D eigenvalue weighted by atomic mass is 10.0. The first-order valence-corrected chi connectivity index (χ1v) is 7.04. The second-order valence-electron chi connectivity index (χ2n) is 4.37. The molecule has 6 heteroatoms. The Labute approximate surface area is 116 Å². The number of nitrogens with two attached hydrogens (primary N) is 1. The molecule has 0 fully saturated rings. The van der Waals surface area contributed by atoms with Gasteiger partial charge in [-0.05, 0) is 31.0 Å². The molecule has 3 N–H and O–H groups in total. The lowest BCUT2D eigenvalue weighted by Crippen LogP contribution is -2.25. The largest absolute Gasteiger partial charge is 0.326 e. The normalized spacial score (nSPS) is 14.3. The Hall–Kier alpha value is -1.40. The van der Waals surface area contributed by atoms with E-state index < -0.39 is 0 Å². The first-order chi connectivity index (χ1) is 9.10. The van der Waals surface area contributed by atoms with Crippen molar-refractivity contribution in [2.45, 2.75) is 36.7 Å². The third kappa shape index (κ3) is 3.54. The maximum atomic E-state index is 13.4. The number of aromatic amines is 1. The van der Waals surface area contributed by atoms with E-state index in [1.54, 1.807) is 6.07 Å². The van der Waals surface area contributed by atoms with Gasteiger partial charge >= 0.3 is 0 Å². The zero-order chi connectivity index (χ0) is 13.8. The first kappa shape index (κ1) is 14.0. The van der Waals surface area contributed by atoms with Crippen LogP contribution in [-0.2, 0) is 0 Å². The highest BCUT2D eigenvalue weighted by Crippen LogP contribution is 2.36. The van der Waals surface area contributed by atoms with Gasteiger partial charge < -0.3 is 5.73 Å². The van der Waals surface area contributed by atoms with Crippen molar-refractivity contribution in [3.05, 3.63) is 41.5 Å². The van der Waals surface area contributed by atoms with Crippen molar-refractivity contribution in [3.8, 4) is 0 Å². The molecular formula is C13H17FN4S. The number of aryl methyl sites for hydroxylation is 1. The topological polar surface area (TPSA) is 67.6 Å². The van der Waals surface area contributed by atoms with Crippen molar-refractivity contribution < 1.29 is 4.39 Å². The molecular weight excluding hydrogens is 263 g/mol. The van der Waals surface area contributed by atoms with Crippen LogP contribution in [0.25, 0.3) is 0 Å². The highest BCUT2D eigenvalue weighted by atomic mass is 32.2. The number of nitrogens with one attached hydrogen (secondary N) is 1. The van der Waals surface area contributed by atoms with E-state index in [-0.39, 0.29) is 17.1 Å². The van der Waals surface area contributed by atoms with E-state index in [2.05, 4.69) is 15.2 Å². The summed E-state index contributed by atoms with van der Waals surface area (Å²) in [4.78, 5) is 4.26. The predicted octanol–water partition coefficient (Wildman–Crippen LogP) is 2.82. The first-order valence-electron chi connectivity index (χ1n) is 6.17. The lowest BCUT2D eigenvalue weighted by Gasteiger charge is -2.21. The minimum absolute atomic E-state index is 0.0594. The number of H-pyrrole nitrogens is 1. The van der Waals surface area contributed by atoms with Crippen molar-refractivity contribution in [2.75, 3.05) is 0 Å². The number of aromatic nitrogens is 3. The molecule has 1 aromatic heterocycles. The Kier molecular flexibility index (Phi) is 4.55. The van der Waals surface area contributed by atoms with Gasteiger partial charge in [0.25, 0.3) is 0 Å². The summed E-state index contributed by atoms with van der Waals surface area (Å²) in [5.74, 6) is 0.503. The van der Waals surface area contributed by atoms with Gasteiger partial charge in [0.1, 0.15) is 11.6 Å². The van der Waals surface area contributed by atoms with E-state index in [4.69, 9.17) is 5.73 Å². The van der Waals surface area contributed by atoms with Gasteiger partial charge in [-0.25, -0.2) is 9.37 Å². The summed E-state index contributed by atoms with van der Waals surface area (Å²) >= 11 is 1.46. The second kappa shape index (κ2) is 6.16. The van der Waals surface area contributed by atoms with Gasteiger partial charge in [0.2, 0.25) is 5.16 Å². The highest BCUT2D eigenvalue weighted by molar-refractivity contribution is 7.99. The standard InChI is InChI=1S/C13H17FN4S/c1-3-11(15)12(9-5-4-6-10(14)7-9)19-13-16-8(2)17-18-13/h4-7,11-12H,3,15H2,1-2H3,(H,16,17,18). The molecule has 0 radical (unpaired) electrons. The predicted molar refractivity (Wildman–Crippen MR) is 74.4 cm³/mol. The molecule has 0 bridgehead atoms. The van der Waals surface area contributed by atoms with Gasteiger partial charge in [0, 0.05) is 6.04 Å². The van der Waals surface area contributed by atoms with Gasteiger partial charge in [0.05, 0.1) is 5.25 Å². The van der Waals surface area contributed by atoms with Crippen molar-refractivity contribution in [1.29, 1.82) is 0 Å². The second-order valence-corrected chi connectivity index (χ2v) is 5.48. The number of hydrogen-bond donors (Lipinski definition) is 2. The van der Waals surface area contributed by atoms with Gasteiger partial charge in [-0.2, -0.15) is 0 Å². The summed E-state index contributed by atoms with van der Waals surface area (Å²) in [6, 6.07) is 6.46. The molecule has 0 amide bonds. The van der Waals surface area contributed by atoms with E-state index in [9.17, 15) is 4.39 Å². The molecule has 0 aliphatic carbocycles. The Morgan fingerprint density at radius 3 is 2.84 bits per heavy atom. The zero-order valence-corrected chi connectivity index (χ0v) is 11.7. The molecule has 0 saturated carbocycles. The smallest absolute Gasteiger partial charge is 0.209 e. The fourth-order valence-electron chi connectivity index (χ4n) is 1.79. The molecule has 19 heavy (non-hydrogen) atoms. The molecule has 102 valence electrons. The molecule has 1 aromatic carbocycles. The molecule has 2 aromatic rings. The van der Waals surface area contributed by atoms with Crippen LogP contribution in [0, 0.1) is 12.7 Å². The number of nitrogens with zero attached hydrogens (tertiary/aromatic N) is 2. The van der Waals surface area contributed by atoms with Crippen molar-refractivity contribution in [2.24, 2.45) is 5.73 Å². The summed E-state index contributed by atoms with van der Waals surface area (Å²) in [6.45, 7) is 3.86. The molecule has 2 atom stereocenters. The summed E-state index contributed by atoms with van der Waals surface area (Å²) in [5.41, 5.74) is 7.01. The van der Waals surface area contributed by atoms with Crippen LogP contribution >= 0.6 is 11.8 Å². The maximum Gasteiger partial charge on any atom is 0.209 e. The minimum atomic E-state index is -0.252. The van der Waals surface area contributed by atoms with Crippen LogP contribution in [-0.4, -0.2) is 21.2 Å². The average Bonchev–Trinajstić information content (AvgIpc) is 2.80. The monoisotopic (exact) mass is 280 g/mol. The van der Waals surface area contributed by atoms with Crippen molar-refractivity contribution >= 4 is 11.8 Å². The van der Waals surface area contributed by atoms with E-state index >= 15 is 0 Å². The Morgan fingerprint density at radius 1 is 1.47 bits per heavy atom. The van der Waals surface area contributed by atoms with Crippen LogP contribution < -0.4 is 5.73 Å². The molecule has 1 heterocycles. The van der Waals surface area contributed by atoms with Crippen LogP contribution in [0.3, 0.4) is 0 Å². The summed E-state index contributed by atoms with van der Waals surface area (Å²) in [7, 11) is 0. The summed E-state index contributed by atoms with van der Waals surface area (Å²) in [5, 5.41) is 7.47. The zero-order valence-electron chi connectivity index (χ0n) is 10.9. The van der Waals surface area contributed by atoms with Gasteiger partial charge in [-0.15, -0.1) is 5.10 Å². The number of halogens is 1. The van der Waals surface area contributed by atoms with Gasteiger partial charge in [-0.1, -0.05) is 30.8 Å². The fourth-order valence-corrected chi connectivity index (χ4v) is 2.95. The SMILES string of the molecule is CCC(N)C(Sc1n[nH]c(C)n1)c1cccc(F)c1. The molecule has 4 nitrogen and oxygen atoms in total. The highest BCUT2D eigenvalue weighted by Gasteiger charge is 2.22. The van der Waals surface area contributed by atoms with Crippen LogP contribution in [0.15, 0.2) is 29.4 Å². The number of rotatable bonds is 5. The summed E-state index contributed by atoms with van der Waals surface area (Å²) in [6.07, 6.45) is 0.803. The van der Waals surface area contributed by atoms with E-state index in [0.29, 0.717) is 5.16 Å². The summed E-state index contributed by atoms with van der Waals surface area (Å²) < 4.78 is 13.4. The molecule has 2 rings (SSSR count). The van der Waals surface area contributed by atoms with Crippen LogP contribution in [0.4, 0.5) is 4.39 Å². The minimum Gasteiger partial charge on any atom is -0.326 e. The molecule has 0 saturated heterocycles. The Bertz CT molecular complexity index is 543. The van der Waals surface area contributed by atoms with Crippen molar-refractivity contribution in [1.82, 2.24) is 15.2 Å². The number of hydrogen-bond acceptors (Lipinski definition) is 4. The van der Waals surface area contributed by atoms with Crippen LogP contribution in [0.5, 0.6) is 0 Å². The molecule has 0 spiro atoms. The van der Waals surface area contributed by atoms with Gasteiger partial charge in [0.15, 0.2) is 0 Å². The number of thioether (sulfide) groups is 1. The molecule has 0 aliphatic rings. The van der Waals surface area contributed by atoms with Crippen molar-refractivity contribution in [3.63, 3.8) is 0 Å². The van der Waals surface area contributed by atoms with Gasteiger partial charge in [-0.3, -0.25) is 5.10 Å². The Balaban J connectivity index is 2.25. The average molecular weight is 280 g/mol. The Morgan fingerprint density at radius 2 is 2.26 bits per heavy atom. The third-order valence-electron chi connectivity index (χ3n) is 2.85. The van der Waals surface area contributed by atoms with E-state index in [1.165, 1.54) is 23.9 Å².